The molecule has 0 atom stereocenters. The van der Waals surface area contributed by atoms with E-state index in [-0.39, 0.29) is 0 Å². The van der Waals surface area contributed by atoms with Gasteiger partial charge in [0.05, 0.1) is 5.56 Å². The monoisotopic (exact) mass is 285 g/mol. The molecule has 0 unspecified atom stereocenters. The molecular weight excluding hydrogens is 268 g/mol. The van der Waals surface area contributed by atoms with Crippen LogP contribution in [0.3, 0.4) is 0 Å². The second-order valence-corrected chi connectivity index (χ2v) is 5.71. The van der Waals surface area contributed by atoms with E-state index < -0.39 is 0 Å². The van der Waals surface area contributed by atoms with Crippen LogP contribution < -0.4 is 4.57 Å². The van der Waals surface area contributed by atoms with Crippen molar-refractivity contribution in [2.45, 2.75) is 6.92 Å². The van der Waals surface area contributed by atoms with Gasteiger partial charge in [0.2, 0.25) is 11.2 Å². The number of fused-ring (bicyclic) bond motifs is 2. The summed E-state index contributed by atoms with van der Waals surface area (Å²) in [5, 5.41) is 2.47. The number of rotatable bonds is 1. The van der Waals surface area contributed by atoms with Gasteiger partial charge in [0.15, 0.2) is 0 Å². The summed E-state index contributed by atoms with van der Waals surface area (Å²) in [4.78, 5) is 4.69. The first-order valence-corrected chi connectivity index (χ1v) is 7.47. The Morgan fingerprint density at radius 2 is 1.55 bits per heavy atom. The standard InChI is InChI=1S/C20H17N2/c1-14-7-3-6-10-17(14)20-13-21-18-11-15-8-4-5-9-16(15)12-19(18)22(20)2/h3-13H,1-2H3/q+1. The third kappa shape index (κ3) is 1.96. The normalized spacial score (nSPS) is 11.2. The summed E-state index contributed by atoms with van der Waals surface area (Å²) in [6.07, 6.45) is 1.97. The Hall–Kier alpha value is -2.74. The molecule has 0 amide bonds. The Kier molecular flexibility index (Phi) is 2.90. The zero-order valence-electron chi connectivity index (χ0n) is 12.7. The number of nitrogens with zero attached hydrogens (tertiary/aromatic N) is 2. The van der Waals surface area contributed by atoms with E-state index in [9.17, 15) is 0 Å². The van der Waals surface area contributed by atoms with Gasteiger partial charge in [-0.2, -0.15) is 4.57 Å². The SMILES string of the molecule is Cc1ccccc1-c1cnc2cc3ccccc3cc2[n+]1C. The van der Waals surface area contributed by atoms with Gasteiger partial charge in [-0.1, -0.05) is 42.5 Å². The first kappa shape index (κ1) is 13.0. The molecule has 1 heterocycles. The molecule has 0 saturated carbocycles. The van der Waals surface area contributed by atoms with Crippen molar-refractivity contribution in [2.24, 2.45) is 7.05 Å². The third-order valence-corrected chi connectivity index (χ3v) is 4.31. The van der Waals surface area contributed by atoms with E-state index in [1.165, 1.54) is 21.9 Å². The largest absolute Gasteiger partial charge is 0.243 e. The van der Waals surface area contributed by atoms with Crippen molar-refractivity contribution in [2.75, 3.05) is 0 Å². The molecule has 0 aliphatic rings. The molecule has 3 aromatic carbocycles. The van der Waals surface area contributed by atoms with Crippen LogP contribution in [0.2, 0.25) is 0 Å². The van der Waals surface area contributed by atoms with Gasteiger partial charge >= 0.3 is 0 Å². The molecule has 1 aromatic heterocycles. The van der Waals surface area contributed by atoms with Crippen LogP contribution in [0, 0.1) is 6.92 Å². The van der Waals surface area contributed by atoms with Crippen LogP contribution in [0.4, 0.5) is 0 Å². The van der Waals surface area contributed by atoms with E-state index >= 15 is 0 Å². The Bertz CT molecular complexity index is 1000. The lowest BCUT2D eigenvalue weighted by atomic mass is 10.0. The molecule has 2 heteroatoms. The van der Waals surface area contributed by atoms with Gasteiger partial charge in [-0.15, -0.1) is 0 Å². The van der Waals surface area contributed by atoms with Crippen molar-refractivity contribution in [3.8, 4) is 11.3 Å². The second kappa shape index (κ2) is 4.92. The number of aryl methyl sites for hydroxylation is 2. The number of aromatic nitrogens is 2. The highest BCUT2D eigenvalue weighted by Crippen LogP contribution is 2.23. The topological polar surface area (TPSA) is 16.8 Å². The van der Waals surface area contributed by atoms with E-state index in [1.54, 1.807) is 0 Å². The van der Waals surface area contributed by atoms with E-state index in [4.69, 9.17) is 0 Å². The average molecular weight is 285 g/mol. The third-order valence-electron chi connectivity index (χ3n) is 4.31. The lowest BCUT2D eigenvalue weighted by Gasteiger charge is -2.06. The number of benzene rings is 3. The summed E-state index contributed by atoms with van der Waals surface area (Å²) >= 11 is 0. The van der Waals surface area contributed by atoms with Crippen LogP contribution in [0.1, 0.15) is 5.56 Å². The highest BCUT2D eigenvalue weighted by atomic mass is 15.0. The maximum Gasteiger partial charge on any atom is 0.232 e. The molecule has 0 saturated heterocycles. The minimum atomic E-state index is 1.03. The number of hydrogen-bond donors (Lipinski definition) is 0. The van der Waals surface area contributed by atoms with Crippen LogP contribution in [-0.4, -0.2) is 4.98 Å². The quantitative estimate of drug-likeness (QED) is 0.378. The second-order valence-electron chi connectivity index (χ2n) is 5.71. The van der Waals surface area contributed by atoms with Gasteiger partial charge < -0.3 is 0 Å². The lowest BCUT2D eigenvalue weighted by Crippen LogP contribution is -2.32. The molecule has 22 heavy (non-hydrogen) atoms. The van der Waals surface area contributed by atoms with E-state index in [0.717, 1.165) is 16.7 Å². The predicted molar refractivity (Wildman–Crippen MR) is 90.6 cm³/mol. The molecule has 4 rings (SSSR count). The molecule has 0 aliphatic heterocycles. The minimum absolute atomic E-state index is 1.03. The minimum Gasteiger partial charge on any atom is -0.243 e. The Morgan fingerprint density at radius 3 is 2.32 bits per heavy atom. The summed E-state index contributed by atoms with van der Waals surface area (Å²) in [5.74, 6) is 0. The zero-order valence-corrected chi connectivity index (χ0v) is 12.7. The molecule has 0 aliphatic carbocycles. The summed E-state index contributed by atoms with van der Waals surface area (Å²) in [5.41, 5.74) is 5.81. The predicted octanol–water partition coefficient (Wildman–Crippen LogP) is 4.19. The molecular formula is C20H17N2+. The van der Waals surface area contributed by atoms with Gasteiger partial charge in [0.1, 0.15) is 18.8 Å². The molecule has 0 N–H and O–H groups in total. The lowest BCUT2D eigenvalue weighted by molar-refractivity contribution is -0.633. The van der Waals surface area contributed by atoms with E-state index in [1.807, 2.05) is 6.20 Å². The van der Waals surface area contributed by atoms with E-state index in [2.05, 4.69) is 84.2 Å². The van der Waals surface area contributed by atoms with Gasteiger partial charge in [-0.25, -0.2) is 4.98 Å². The molecule has 0 bridgehead atoms. The van der Waals surface area contributed by atoms with Gasteiger partial charge in [-0.3, -0.25) is 0 Å². The first-order valence-electron chi connectivity index (χ1n) is 7.47. The summed E-state index contributed by atoms with van der Waals surface area (Å²) < 4.78 is 2.23. The summed E-state index contributed by atoms with van der Waals surface area (Å²) in [7, 11) is 2.11. The van der Waals surface area contributed by atoms with Crippen LogP contribution in [0.25, 0.3) is 33.1 Å². The van der Waals surface area contributed by atoms with Crippen LogP contribution >= 0.6 is 0 Å². The summed E-state index contributed by atoms with van der Waals surface area (Å²) in [6, 6.07) is 21.2. The van der Waals surface area contributed by atoms with Crippen LogP contribution in [0.15, 0.2) is 66.9 Å². The van der Waals surface area contributed by atoms with Crippen LogP contribution in [-0.2, 0) is 7.05 Å². The Balaban J connectivity index is 2.05. The maximum absolute atomic E-state index is 4.69. The molecule has 4 aromatic rings. The van der Waals surface area contributed by atoms with Crippen molar-refractivity contribution >= 4 is 21.8 Å². The van der Waals surface area contributed by atoms with Crippen molar-refractivity contribution < 1.29 is 4.57 Å². The van der Waals surface area contributed by atoms with Gasteiger partial charge in [-0.05, 0) is 35.4 Å². The number of hydrogen-bond acceptors (Lipinski definition) is 1. The van der Waals surface area contributed by atoms with Crippen molar-refractivity contribution in [3.05, 3.63) is 72.4 Å². The molecule has 0 spiro atoms. The van der Waals surface area contributed by atoms with E-state index in [0.29, 0.717) is 0 Å². The smallest absolute Gasteiger partial charge is 0.232 e. The summed E-state index contributed by atoms with van der Waals surface area (Å²) in [6.45, 7) is 2.14. The van der Waals surface area contributed by atoms with Crippen molar-refractivity contribution in [1.82, 2.24) is 4.98 Å². The van der Waals surface area contributed by atoms with Gasteiger partial charge in [0, 0.05) is 6.07 Å². The molecule has 0 radical (unpaired) electrons. The highest BCUT2D eigenvalue weighted by Gasteiger charge is 2.16. The Labute approximate surface area is 129 Å². The fourth-order valence-corrected chi connectivity index (χ4v) is 3.05. The fourth-order valence-electron chi connectivity index (χ4n) is 3.05. The maximum atomic E-state index is 4.69. The molecule has 106 valence electrons. The van der Waals surface area contributed by atoms with Crippen molar-refractivity contribution in [1.29, 1.82) is 0 Å². The molecule has 0 fully saturated rings. The highest BCUT2D eigenvalue weighted by molar-refractivity contribution is 5.93. The molecule has 2 nitrogen and oxygen atoms in total. The zero-order chi connectivity index (χ0) is 15.1. The first-order chi connectivity index (χ1) is 10.7. The van der Waals surface area contributed by atoms with Crippen LogP contribution in [0.5, 0.6) is 0 Å². The van der Waals surface area contributed by atoms with Crippen molar-refractivity contribution in [3.63, 3.8) is 0 Å². The fraction of sp³-hybridized carbons (Fsp3) is 0.100. The van der Waals surface area contributed by atoms with Gasteiger partial charge in [0.25, 0.3) is 0 Å². The average Bonchev–Trinajstić information content (AvgIpc) is 2.55. The Morgan fingerprint density at radius 1 is 0.864 bits per heavy atom.